The first-order chi connectivity index (χ1) is 17.6. The van der Waals surface area contributed by atoms with Gasteiger partial charge in [-0.1, -0.05) is 35.9 Å². The van der Waals surface area contributed by atoms with Gasteiger partial charge in [0.2, 0.25) is 15.7 Å². The molecule has 1 aromatic heterocycles. The van der Waals surface area contributed by atoms with Gasteiger partial charge in [-0.15, -0.1) is 0 Å². The highest BCUT2D eigenvalue weighted by Gasteiger charge is 2.41. The quantitative estimate of drug-likeness (QED) is 0.276. The molecule has 2 aromatic carbocycles. The van der Waals surface area contributed by atoms with Gasteiger partial charge in [-0.2, -0.15) is 0 Å². The van der Waals surface area contributed by atoms with Gasteiger partial charge in [0.15, 0.2) is 0 Å². The van der Waals surface area contributed by atoms with Crippen LogP contribution in [0.25, 0.3) is 10.9 Å². The summed E-state index contributed by atoms with van der Waals surface area (Å²) in [5.41, 5.74) is 1.60. The zero-order chi connectivity index (χ0) is 26.3. The highest BCUT2D eigenvalue weighted by atomic mass is 35.5. The van der Waals surface area contributed by atoms with Crippen LogP contribution in [-0.2, 0) is 19.4 Å². The maximum atomic E-state index is 14.1. The molecule has 10 nitrogen and oxygen atoms in total. The Bertz CT molecular complexity index is 1480. The third-order valence-corrected chi connectivity index (χ3v) is 9.01. The number of amides is 1. The molecule has 2 atom stereocenters. The number of fused-ring (bicyclic) bond motifs is 1. The lowest BCUT2D eigenvalue weighted by molar-refractivity contribution is -0.145. The topological polar surface area (TPSA) is 147 Å². The third-order valence-electron chi connectivity index (χ3n) is 6.78. The van der Waals surface area contributed by atoms with E-state index in [9.17, 15) is 23.1 Å². The van der Waals surface area contributed by atoms with E-state index in [-0.39, 0.29) is 18.1 Å². The molecule has 3 heterocycles. The van der Waals surface area contributed by atoms with E-state index in [1.807, 2.05) is 4.90 Å². The first kappa shape index (κ1) is 25.2. The molecule has 2 fully saturated rings. The molecule has 1 amide bonds. The van der Waals surface area contributed by atoms with E-state index < -0.39 is 33.1 Å². The zero-order valence-corrected chi connectivity index (χ0v) is 21.3. The number of nitrogens with zero attached hydrogens (tertiary/aromatic N) is 2. The van der Waals surface area contributed by atoms with Gasteiger partial charge in [0.25, 0.3) is 0 Å². The fraction of sp³-hybridized carbons (Fsp3) is 0.320. The molecule has 2 saturated heterocycles. The fourth-order valence-corrected chi connectivity index (χ4v) is 6.99. The monoisotopic (exact) mass is 543 g/mol. The number of carbonyl (C=O) groups excluding carboxylic acids is 1. The number of carbonyl (C=O) groups is 2. The number of halogens is 1. The van der Waals surface area contributed by atoms with Gasteiger partial charge in [0, 0.05) is 41.1 Å². The molecule has 37 heavy (non-hydrogen) atoms. The number of piperazine rings is 1. The van der Waals surface area contributed by atoms with Crippen molar-refractivity contribution in [2.45, 2.75) is 29.3 Å². The largest absolute Gasteiger partial charge is 0.480 e. The van der Waals surface area contributed by atoms with Gasteiger partial charge in [0.05, 0.1) is 6.54 Å². The number of rotatable bonds is 6. The minimum atomic E-state index is -4.16. The van der Waals surface area contributed by atoms with Crippen molar-refractivity contribution < 1.29 is 23.1 Å². The number of hydrogen-bond donors (Lipinski definition) is 4. The Balaban J connectivity index is 1.56. The normalized spacial score (nSPS) is 19.6. The van der Waals surface area contributed by atoms with Gasteiger partial charge >= 0.3 is 5.97 Å². The van der Waals surface area contributed by atoms with Crippen molar-refractivity contribution >= 4 is 50.1 Å². The number of sulfone groups is 1. The average Bonchev–Trinajstić information content (AvgIpc) is 3.54. The minimum absolute atomic E-state index is 0.0680. The average molecular weight is 544 g/mol. The molecule has 3 aromatic rings. The molecule has 5 rings (SSSR count). The van der Waals surface area contributed by atoms with Crippen molar-refractivity contribution in [2.75, 3.05) is 26.2 Å². The van der Waals surface area contributed by atoms with Crippen molar-refractivity contribution in [3.8, 4) is 0 Å². The molecule has 2 aliphatic rings. The van der Waals surface area contributed by atoms with Crippen LogP contribution in [0.5, 0.6) is 0 Å². The maximum Gasteiger partial charge on any atom is 0.327 e. The molecule has 2 aliphatic heterocycles. The van der Waals surface area contributed by atoms with Gasteiger partial charge in [-0.25, -0.2) is 13.2 Å². The summed E-state index contributed by atoms with van der Waals surface area (Å²) in [6.07, 6.45) is 2.05. The SMILES string of the molecule is N=C(c1ccc(C(N2CC(=O)N[C@@H](C(=O)O)C2)S(=O)(=O)c2cc3cc(Cl)ccc3[nH]2)cc1)N1CCCC1. The Kier molecular flexibility index (Phi) is 6.69. The highest BCUT2D eigenvalue weighted by molar-refractivity contribution is 7.91. The van der Waals surface area contributed by atoms with E-state index in [0.717, 1.165) is 25.9 Å². The first-order valence-corrected chi connectivity index (χ1v) is 13.8. The molecule has 12 heteroatoms. The van der Waals surface area contributed by atoms with Crippen LogP contribution >= 0.6 is 11.6 Å². The summed E-state index contributed by atoms with van der Waals surface area (Å²) in [6, 6.07) is 11.9. The summed E-state index contributed by atoms with van der Waals surface area (Å²) >= 11 is 6.08. The van der Waals surface area contributed by atoms with E-state index in [0.29, 0.717) is 32.9 Å². The van der Waals surface area contributed by atoms with Gasteiger partial charge in [0.1, 0.15) is 22.3 Å². The summed E-state index contributed by atoms with van der Waals surface area (Å²) in [5.74, 6) is -1.45. The molecular formula is C25H26ClN5O5S. The van der Waals surface area contributed by atoms with Crippen LogP contribution in [0.3, 0.4) is 0 Å². The van der Waals surface area contributed by atoms with Crippen molar-refractivity contribution in [2.24, 2.45) is 0 Å². The Hall–Kier alpha value is -3.41. The van der Waals surface area contributed by atoms with E-state index in [1.165, 1.54) is 11.0 Å². The second-order valence-corrected chi connectivity index (χ2v) is 11.7. The predicted octanol–water partition coefficient (Wildman–Crippen LogP) is 2.60. The van der Waals surface area contributed by atoms with Crippen molar-refractivity contribution in [3.05, 3.63) is 64.7 Å². The molecular weight excluding hydrogens is 518 g/mol. The van der Waals surface area contributed by atoms with Gasteiger partial charge in [-0.3, -0.25) is 15.1 Å². The maximum absolute atomic E-state index is 14.1. The van der Waals surface area contributed by atoms with Crippen LogP contribution in [0.1, 0.15) is 29.3 Å². The van der Waals surface area contributed by atoms with Crippen molar-refractivity contribution in [1.82, 2.24) is 20.1 Å². The number of aromatic amines is 1. The van der Waals surface area contributed by atoms with Crippen LogP contribution in [-0.4, -0.2) is 78.2 Å². The lowest BCUT2D eigenvalue weighted by Gasteiger charge is -2.36. The molecule has 0 aliphatic carbocycles. The molecule has 1 unspecified atom stereocenters. The van der Waals surface area contributed by atoms with E-state index in [1.54, 1.807) is 42.5 Å². The third kappa shape index (κ3) is 4.94. The Labute approximate surface area is 218 Å². The molecule has 194 valence electrons. The first-order valence-electron chi connectivity index (χ1n) is 11.9. The summed E-state index contributed by atoms with van der Waals surface area (Å²) in [5, 5.41) is 20.1. The molecule has 0 spiro atoms. The Morgan fingerprint density at radius 2 is 1.81 bits per heavy atom. The number of carboxylic acid groups (broad SMARTS) is 1. The van der Waals surface area contributed by atoms with Crippen molar-refractivity contribution in [3.63, 3.8) is 0 Å². The Morgan fingerprint density at radius 1 is 1.11 bits per heavy atom. The van der Waals surface area contributed by atoms with E-state index in [2.05, 4.69) is 10.3 Å². The smallest absolute Gasteiger partial charge is 0.327 e. The van der Waals surface area contributed by atoms with Gasteiger partial charge in [-0.05, 0) is 42.7 Å². The number of H-pyrrole nitrogens is 1. The second kappa shape index (κ2) is 9.81. The fourth-order valence-electron chi connectivity index (χ4n) is 4.95. The number of amidine groups is 1. The minimum Gasteiger partial charge on any atom is -0.480 e. The highest BCUT2D eigenvalue weighted by Crippen LogP contribution is 2.35. The summed E-state index contributed by atoms with van der Waals surface area (Å²) in [6.45, 7) is 1.14. The molecule has 0 radical (unpaired) electrons. The lowest BCUT2D eigenvalue weighted by atomic mass is 10.1. The van der Waals surface area contributed by atoms with Crippen LogP contribution in [0.15, 0.2) is 53.6 Å². The van der Waals surface area contributed by atoms with Crippen LogP contribution in [0.2, 0.25) is 5.02 Å². The van der Waals surface area contributed by atoms with Crippen molar-refractivity contribution in [1.29, 1.82) is 5.41 Å². The second-order valence-electron chi connectivity index (χ2n) is 9.32. The Morgan fingerprint density at radius 3 is 2.49 bits per heavy atom. The number of aromatic nitrogens is 1. The zero-order valence-electron chi connectivity index (χ0n) is 19.8. The summed E-state index contributed by atoms with van der Waals surface area (Å²) < 4.78 is 28.1. The number of hydrogen-bond acceptors (Lipinski definition) is 6. The van der Waals surface area contributed by atoms with Crippen LogP contribution in [0, 0.1) is 5.41 Å². The number of carboxylic acids is 1. The number of aliphatic carboxylic acids is 1. The molecule has 4 N–H and O–H groups in total. The molecule has 0 saturated carbocycles. The standard InChI is InChI=1S/C25H26ClN5O5S/c26-18-7-8-19-17(11-18)12-22(29-19)37(35,36)24(31-13-20(25(33)34)28-21(32)14-31)16-5-3-15(4-6-16)23(27)30-9-1-2-10-30/h3-8,11-12,20,24,27,29H,1-2,9-10,13-14H2,(H,28,32)(H,33,34)/t20-,24?/m1/s1. The van der Waals surface area contributed by atoms with Crippen LogP contribution in [0.4, 0.5) is 0 Å². The summed E-state index contributed by atoms with van der Waals surface area (Å²) in [4.78, 5) is 30.3. The number of likely N-dealkylation sites (tertiary alicyclic amines) is 1. The van der Waals surface area contributed by atoms with E-state index in [4.69, 9.17) is 17.0 Å². The molecule has 0 bridgehead atoms. The van der Waals surface area contributed by atoms with Gasteiger partial charge < -0.3 is 20.3 Å². The number of nitrogens with one attached hydrogen (secondary N) is 3. The van der Waals surface area contributed by atoms with E-state index >= 15 is 0 Å². The lowest BCUT2D eigenvalue weighted by Crippen LogP contribution is -2.58. The summed E-state index contributed by atoms with van der Waals surface area (Å²) in [7, 11) is -4.16. The number of benzene rings is 2. The van der Waals surface area contributed by atoms with Crippen LogP contribution < -0.4 is 5.32 Å². The predicted molar refractivity (Wildman–Crippen MR) is 138 cm³/mol.